The van der Waals surface area contributed by atoms with Gasteiger partial charge in [-0.25, -0.2) is 4.98 Å². The minimum Gasteiger partial charge on any atom is -0.507 e. The number of nitrogens with one attached hydrogen (secondary N) is 1. The van der Waals surface area contributed by atoms with Gasteiger partial charge in [-0.15, -0.1) is 0 Å². The molecule has 0 radical (unpaired) electrons. The number of nitrogens with zero attached hydrogens (tertiary/aromatic N) is 3. The van der Waals surface area contributed by atoms with Gasteiger partial charge >= 0.3 is 0 Å². The van der Waals surface area contributed by atoms with Gasteiger partial charge in [-0.2, -0.15) is 9.61 Å². The van der Waals surface area contributed by atoms with Crippen LogP contribution in [0.4, 0.5) is 5.82 Å². The predicted octanol–water partition coefficient (Wildman–Crippen LogP) is 3.30. The molecule has 20 heavy (non-hydrogen) atoms. The van der Waals surface area contributed by atoms with Crippen molar-refractivity contribution in [3.8, 4) is 17.0 Å². The van der Waals surface area contributed by atoms with E-state index in [1.54, 1.807) is 22.8 Å². The van der Waals surface area contributed by atoms with Crippen LogP contribution in [0.25, 0.3) is 16.9 Å². The largest absolute Gasteiger partial charge is 0.507 e. The van der Waals surface area contributed by atoms with Crippen molar-refractivity contribution in [3.63, 3.8) is 0 Å². The van der Waals surface area contributed by atoms with E-state index in [0.29, 0.717) is 16.9 Å². The minimum atomic E-state index is 0.211. The molecule has 5 nitrogen and oxygen atoms in total. The van der Waals surface area contributed by atoms with Crippen LogP contribution in [0.5, 0.6) is 5.75 Å². The number of hydrogen-bond donors (Lipinski definition) is 2. The van der Waals surface area contributed by atoms with Crippen LogP contribution in [0.1, 0.15) is 6.92 Å². The van der Waals surface area contributed by atoms with Gasteiger partial charge in [0.25, 0.3) is 0 Å². The normalized spacial score (nSPS) is 10.9. The number of para-hydroxylation sites is 1. The monoisotopic (exact) mass is 332 g/mol. The standard InChI is InChI=1S/C14H13BrN4O/c1-2-16-13-7-11(9-5-3-4-6-12(9)20)18-14-10(15)8-17-19(13)14/h3-8,16,20H,2H2,1H3. The van der Waals surface area contributed by atoms with Gasteiger partial charge in [-0.1, -0.05) is 12.1 Å². The molecule has 0 bridgehead atoms. The Kier molecular flexibility index (Phi) is 3.31. The van der Waals surface area contributed by atoms with E-state index < -0.39 is 0 Å². The fourth-order valence-electron chi connectivity index (χ4n) is 2.07. The first-order valence-corrected chi connectivity index (χ1v) is 7.06. The Balaban J connectivity index is 2.26. The highest BCUT2D eigenvalue weighted by Crippen LogP contribution is 2.30. The van der Waals surface area contributed by atoms with Gasteiger partial charge in [-0.05, 0) is 35.0 Å². The number of hydrogen-bond acceptors (Lipinski definition) is 4. The molecule has 1 aromatic carbocycles. The van der Waals surface area contributed by atoms with E-state index in [2.05, 4.69) is 31.3 Å². The van der Waals surface area contributed by atoms with Crippen LogP contribution in [0.3, 0.4) is 0 Å². The predicted molar refractivity (Wildman–Crippen MR) is 82.0 cm³/mol. The number of aromatic nitrogens is 3. The molecule has 0 aliphatic rings. The third kappa shape index (κ3) is 2.12. The summed E-state index contributed by atoms with van der Waals surface area (Å²) in [6, 6.07) is 9.04. The van der Waals surface area contributed by atoms with Crippen molar-refractivity contribution in [3.05, 3.63) is 41.0 Å². The molecular weight excluding hydrogens is 320 g/mol. The maximum absolute atomic E-state index is 9.98. The van der Waals surface area contributed by atoms with Crippen LogP contribution in [-0.2, 0) is 0 Å². The molecule has 102 valence electrons. The van der Waals surface area contributed by atoms with E-state index in [1.807, 2.05) is 25.1 Å². The van der Waals surface area contributed by atoms with Crippen LogP contribution in [0.2, 0.25) is 0 Å². The molecule has 0 aliphatic carbocycles. The maximum atomic E-state index is 9.98. The van der Waals surface area contributed by atoms with Gasteiger partial charge in [-0.3, -0.25) is 0 Å². The highest BCUT2D eigenvalue weighted by atomic mass is 79.9. The number of phenolic OH excluding ortho intramolecular Hbond substituents is 1. The first kappa shape index (κ1) is 12.9. The highest BCUT2D eigenvalue weighted by Gasteiger charge is 2.12. The van der Waals surface area contributed by atoms with Gasteiger partial charge < -0.3 is 10.4 Å². The van der Waals surface area contributed by atoms with Crippen molar-refractivity contribution >= 4 is 27.4 Å². The Morgan fingerprint density at radius 1 is 1.35 bits per heavy atom. The number of fused-ring (bicyclic) bond motifs is 1. The molecule has 0 saturated carbocycles. The Morgan fingerprint density at radius 2 is 2.15 bits per heavy atom. The molecule has 0 aliphatic heterocycles. The molecule has 0 unspecified atom stereocenters. The van der Waals surface area contributed by atoms with Crippen molar-refractivity contribution < 1.29 is 5.11 Å². The SMILES string of the molecule is CCNc1cc(-c2ccccc2O)nc2c(Br)cnn12. The number of rotatable bonds is 3. The lowest BCUT2D eigenvalue weighted by molar-refractivity contribution is 0.477. The number of anilines is 1. The molecule has 0 spiro atoms. The van der Waals surface area contributed by atoms with Crippen LogP contribution in [0.15, 0.2) is 41.0 Å². The van der Waals surface area contributed by atoms with Crippen LogP contribution in [-0.4, -0.2) is 26.2 Å². The summed E-state index contributed by atoms with van der Waals surface area (Å²) in [5.41, 5.74) is 2.11. The molecule has 6 heteroatoms. The van der Waals surface area contributed by atoms with E-state index in [0.717, 1.165) is 16.8 Å². The first-order chi connectivity index (χ1) is 9.70. The number of phenols is 1. The number of benzene rings is 1. The summed E-state index contributed by atoms with van der Waals surface area (Å²) in [6.07, 6.45) is 1.71. The number of halogens is 1. The molecular formula is C14H13BrN4O. The molecule has 2 aromatic heterocycles. The van der Waals surface area contributed by atoms with Crippen molar-refractivity contribution in [1.82, 2.24) is 14.6 Å². The van der Waals surface area contributed by atoms with Crippen molar-refractivity contribution in [2.75, 3.05) is 11.9 Å². The Morgan fingerprint density at radius 3 is 2.90 bits per heavy atom. The molecule has 3 aromatic rings. The van der Waals surface area contributed by atoms with Gasteiger partial charge in [0.05, 0.1) is 16.4 Å². The molecule has 0 saturated heterocycles. The van der Waals surface area contributed by atoms with Gasteiger partial charge in [0.15, 0.2) is 5.65 Å². The average molecular weight is 333 g/mol. The second kappa shape index (κ2) is 5.13. The van der Waals surface area contributed by atoms with E-state index in [4.69, 9.17) is 0 Å². The lowest BCUT2D eigenvalue weighted by Gasteiger charge is -2.10. The summed E-state index contributed by atoms with van der Waals surface area (Å²) in [4.78, 5) is 4.56. The molecule has 2 heterocycles. The summed E-state index contributed by atoms with van der Waals surface area (Å²) in [7, 11) is 0. The number of aromatic hydroxyl groups is 1. The second-order valence-corrected chi connectivity index (χ2v) is 5.16. The highest BCUT2D eigenvalue weighted by molar-refractivity contribution is 9.10. The van der Waals surface area contributed by atoms with Crippen LogP contribution in [0, 0.1) is 0 Å². The summed E-state index contributed by atoms with van der Waals surface area (Å²) in [5.74, 6) is 1.05. The fraction of sp³-hybridized carbons (Fsp3) is 0.143. The zero-order valence-corrected chi connectivity index (χ0v) is 12.4. The smallest absolute Gasteiger partial charge is 0.172 e. The van der Waals surface area contributed by atoms with Crippen molar-refractivity contribution in [1.29, 1.82) is 0 Å². The summed E-state index contributed by atoms with van der Waals surface area (Å²) in [5, 5.41) is 17.5. The summed E-state index contributed by atoms with van der Waals surface area (Å²) >= 11 is 3.44. The maximum Gasteiger partial charge on any atom is 0.172 e. The zero-order chi connectivity index (χ0) is 14.1. The topological polar surface area (TPSA) is 62.5 Å². The van der Waals surface area contributed by atoms with Crippen LogP contribution < -0.4 is 5.32 Å². The van der Waals surface area contributed by atoms with E-state index >= 15 is 0 Å². The molecule has 2 N–H and O–H groups in total. The Labute approximate surface area is 124 Å². The Hall–Kier alpha value is -2.08. The molecule has 3 rings (SSSR count). The van der Waals surface area contributed by atoms with Crippen molar-refractivity contribution in [2.45, 2.75) is 6.92 Å². The quantitative estimate of drug-likeness (QED) is 0.772. The first-order valence-electron chi connectivity index (χ1n) is 6.27. The van der Waals surface area contributed by atoms with Gasteiger partial charge in [0, 0.05) is 18.2 Å². The van der Waals surface area contributed by atoms with Crippen molar-refractivity contribution in [2.24, 2.45) is 0 Å². The lowest BCUT2D eigenvalue weighted by atomic mass is 10.1. The molecule has 0 atom stereocenters. The minimum absolute atomic E-state index is 0.211. The lowest BCUT2D eigenvalue weighted by Crippen LogP contribution is -2.05. The average Bonchev–Trinajstić information content (AvgIpc) is 2.82. The third-order valence-electron chi connectivity index (χ3n) is 2.97. The van der Waals surface area contributed by atoms with E-state index in [9.17, 15) is 5.11 Å². The van der Waals surface area contributed by atoms with Gasteiger partial charge in [0.1, 0.15) is 11.6 Å². The Bertz CT molecular complexity index is 769. The van der Waals surface area contributed by atoms with E-state index in [-0.39, 0.29) is 5.75 Å². The molecule has 0 amide bonds. The summed E-state index contributed by atoms with van der Waals surface area (Å²) < 4.78 is 2.55. The molecule has 0 fully saturated rings. The zero-order valence-electron chi connectivity index (χ0n) is 10.8. The third-order valence-corrected chi connectivity index (χ3v) is 3.53. The van der Waals surface area contributed by atoms with Crippen LogP contribution >= 0.6 is 15.9 Å². The second-order valence-electron chi connectivity index (χ2n) is 4.30. The summed E-state index contributed by atoms with van der Waals surface area (Å²) in [6.45, 7) is 2.79. The van der Waals surface area contributed by atoms with Gasteiger partial charge in [0.2, 0.25) is 0 Å². The van der Waals surface area contributed by atoms with E-state index in [1.165, 1.54) is 0 Å². The fourth-order valence-corrected chi connectivity index (χ4v) is 2.42.